The van der Waals surface area contributed by atoms with Crippen LogP contribution in [0.15, 0.2) is 41.3 Å². The van der Waals surface area contributed by atoms with Gasteiger partial charge in [-0.1, -0.05) is 23.8 Å². The summed E-state index contributed by atoms with van der Waals surface area (Å²) in [5.41, 5.74) is 3.06. The molecule has 0 aliphatic heterocycles. The van der Waals surface area contributed by atoms with Crippen LogP contribution < -0.4 is 9.47 Å². The molecule has 0 fully saturated rings. The van der Waals surface area contributed by atoms with E-state index in [-0.39, 0.29) is 17.4 Å². The van der Waals surface area contributed by atoms with Crippen molar-refractivity contribution in [1.82, 2.24) is 4.90 Å². The predicted molar refractivity (Wildman–Crippen MR) is 103 cm³/mol. The summed E-state index contributed by atoms with van der Waals surface area (Å²) in [4.78, 5) is 15.1. The lowest BCUT2D eigenvalue weighted by molar-refractivity contribution is -0.127. The number of benzene rings is 2. The van der Waals surface area contributed by atoms with Gasteiger partial charge in [-0.2, -0.15) is 8.78 Å². The highest BCUT2D eigenvalue weighted by Crippen LogP contribution is 2.30. The summed E-state index contributed by atoms with van der Waals surface area (Å²) in [7, 11) is 3.09. The lowest BCUT2D eigenvalue weighted by Gasteiger charge is -2.18. The molecule has 0 aliphatic carbocycles. The lowest BCUT2D eigenvalue weighted by atomic mass is 10.2. The number of aryl methyl sites for hydroxylation is 2. The monoisotopic (exact) mass is 395 g/mol. The zero-order valence-electron chi connectivity index (χ0n) is 15.8. The van der Waals surface area contributed by atoms with Crippen molar-refractivity contribution in [3.05, 3.63) is 53.1 Å². The number of carbonyl (C=O) groups is 1. The molecule has 0 N–H and O–H groups in total. The molecule has 7 heteroatoms. The van der Waals surface area contributed by atoms with Crippen molar-refractivity contribution in [2.45, 2.75) is 31.9 Å². The van der Waals surface area contributed by atoms with Crippen LogP contribution in [0.4, 0.5) is 8.78 Å². The molecule has 0 saturated carbocycles. The third-order valence-corrected chi connectivity index (χ3v) is 5.13. The first-order valence-electron chi connectivity index (χ1n) is 8.36. The fraction of sp³-hybridized carbons (Fsp3) is 0.350. The van der Waals surface area contributed by atoms with E-state index in [0.29, 0.717) is 12.3 Å². The molecule has 2 rings (SSSR count). The highest BCUT2D eigenvalue weighted by Gasteiger charge is 2.14. The van der Waals surface area contributed by atoms with Gasteiger partial charge >= 0.3 is 6.61 Å². The Kier molecular flexibility index (Phi) is 7.47. The van der Waals surface area contributed by atoms with Crippen LogP contribution in [0, 0.1) is 13.8 Å². The van der Waals surface area contributed by atoms with Crippen LogP contribution >= 0.6 is 11.8 Å². The van der Waals surface area contributed by atoms with E-state index in [1.54, 1.807) is 24.1 Å². The molecule has 0 aliphatic rings. The molecule has 0 radical (unpaired) electrons. The molecule has 4 nitrogen and oxygen atoms in total. The molecule has 0 aromatic heterocycles. The lowest BCUT2D eigenvalue weighted by Crippen LogP contribution is -2.27. The van der Waals surface area contributed by atoms with Crippen molar-refractivity contribution < 1.29 is 23.0 Å². The van der Waals surface area contributed by atoms with Gasteiger partial charge in [0, 0.05) is 18.5 Å². The summed E-state index contributed by atoms with van der Waals surface area (Å²) in [5, 5.41) is 0. The minimum absolute atomic E-state index is 0.0206. The first-order chi connectivity index (χ1) is 12.8. The Balaban J connectivity index is 1.98. The fourth-order valence-corrected chi connectivity index (χ4v) is 3.54. The molecule has 0 atom stereocenters. The zero-order valence-corrected chi connectivity index (χ0v) is 16.6. The summed E-state index contributed by atoms with van der Waals surface area (Å²) in [5.74, 6) is 0.478. The van der Waals surface area contributed by atoms with Crippen LogP contribution in [0.1, 0.15) is 16.7 Å². The number of nitrogens with zero attached hydrogens (tertiary/aromatic N) is 1. The van der Waals surface area contributed by atoms with Crippen LogP contribution in [0.2, 0.25) is 0 Å². The molecule has 2 aromatic rings. The standard InChI is InChI=1S/C20H23F2NO3S/c1-13-5-6-14(2)18(9-13)27-12-19(24)23(3)11-15-7-8-16(26-20(21)22)17(10-15)25-4/h5-10,20H,11-12H2,1-4H3. The number of amides is 1. The second-order valence-corrected chi connectivity index (χ2v) is 7.19. The third kappa shape index (κ3) is 6.13. The third-order valence-electron chi connectivity index (χ3n) is 3.98. The molecule has 146 valence electrons. The van der Waals surface area contributed by atoms with Crippen molar-refractivity contribution in [1.29, 1.82) is 0 Å². The maximum atomic E-state index is 12.4. The number of carbonyl (C=O) groups excluding carboxylic acids is 1. The number of ether oxygens (including phenoxy) is 2. The number of alkyl halides is 2. The van der Waals surface area contributed by atoms with E-state index in [0.717, 1.165) is 21.6 Å². The van der Waals surface area contributed by atoms with E-state index in [9.17, 15) is 13.6 Å². The summed E-state index contributed by atoms with van der Waals surface area (Å²) in [6.45, 7) is 1.46. The van der Waals surface area contributed by atoms with Crippen LogP contribution in [0.3, 0.4) is 0 Å². The van der Waals surface area contributed by atoms with Crippen molar-refractivity contribution >= 4 is 17.7 Å². The summed E-state index contributed by atoms with van der Waals surface area (Å²) in [6, 6.07) is 10.8. The molecule has 0 saturated heterocycles. The van der Waals surface area contributed by atoms with Crippen LogP contribution in [-0.4, -0.2) is 37.3 Å². The van der Waals surface area contributed by atoms with Gasteiger partial charge in [0.25, 0.3) is 0 Å². The van der Waals surface area contributed by atoms with E-state index in [1.165, 1.54) is 24.9 Å². The average Bonchev–Trinajstić information content (AvgIpc) is 2.62. The molecular formula is C20H23F2NO3S. The minimum Gasteiger partial charge on any atom is -0.493 e. The Morgan fingerprint density at radius 2 is 1.89 bits per heavy atom. The van der Waals surface area contributed by atoms with Gasteiger partial charge in [-0.05, 0) is 43.2 Å². The summed E-state index contributed by atoms with van der Waals surface area (Å²) in [6.07, 6.45) is 0. The number of hydrogen-bond acceptors (Lipinski definition) is 4. The highest BCUT2D eigenvalue weighted by molar-refractivity contribution is 8.00. The predicted octanol–water partition coefficient (Wildman–Crippen LogP) is 4.66. The van der Waals surface area contributed by atoms with Gasteiger partial charge in [-0.3, -0.25) is 4.79 Å². The number of hydrogen-bond donors (Lipinski definition) is 0. The van der Waals surface area contributed by atoms with Crippen molar-refractivity contribution in [3.8, 4) is 11.5 Å². The van der Waals surface area contributed by atoms with E-state index in [1.807, 2.05) is 26.0 Å². The van der Waals surface area contributed by atoms with Crippen molar-refractivity contribution in [3.63, 3.8) is 0 Å². The van der Waals surface area contributed by atoms with E-state index < -0.39 is 6.61 Å². The van der Waals surface area contributed by atoms with Crippen LogP contribution in [-0.2, 0) is 11.3 Å². The number of halogens is 2. The molecule has 0 heterocycles. The molecule has 27 heavy (non-hydrogen) atoms. The number of rotatable bonds is 8. The second kappa shape index (κ2) is 9.60. The first-order valence-corrected chi connectivity index (χ1v) is 9.34. The van der Waals surface area contributed by atoms with E-state index in [4.69, 9.17) is 4.74 Å². The van der Waals surface area contributed by atoms with Gasteiger partial charge in [0.2, 0.25) is 5.91 Å². The minimum atomic E-state index is -2.92. The molecule has 0 unspecified atom stereocenters. The summed E-state index contributed by atoms with van der Waals surface area (Å²) >= 11 is 1.51. The molecule has 2 aromatic carbocycles. The Hall–Kier alpha value is -2.28. The molecule has 1 amide bonds. The topological polar surface area (TPSA) is 38.8 Å². The Morgan fingerprint density at radius 1 is 1.15 bits per heavy atom. The zero-order chi connectivity index (χ0) is 20.0. The van der Waals surface area contributed by atoms with Crippen LogP contribution in [0.5, 0.6) is 11.5 Å². The number of methoxy groups -OCH3 is 1. The molecule has 0 bridgehead atoms. The SMILES string of the molecule is COc1cc(CN(C)C(=O)CSc2cc(C)ccc2C)ccc1OC(F)F. The fourth-order valence-electron chi connectivity index (χ4n) is 2.48. The first kappa shape index (κ1) is 21.0. The highest BCUT2D eigenvalue weighted by atomic mass is 32.2. The normalized spacial score (nSPS) is 10.8. The maximum Gasteiger partial charge on any atom is 0.387 e. The van der Waals surface area contributed by atoms with Crippen molar-refractivity contribution in [2.24, 2.45) is 0 Å². The molecule has 0 spiro atoms. The van der Waals surface area contributed by atoms with Gasteiger partial charge < -0.3 is 14.4 Å². The smallest absolute Gasteiger partial charge is 0.387 e. The van der Waals surface area contributed by atoms with Gasteiger partial charge in [-0.15, -0.1) is 11.8 Å². The van der Waals surface area contributed by atoms with Crippen LogP contribution in [0.25, 0.3) is 0 Å². The van der Waals surface area contributed by atoms with Gasteiger partial charge in [0.1, 0.15) is 0 Å². The summed E-state index contributed by atoms with van der Waals surface area (Å²) < 4.78 is 34.3. The second-order valence-electron chi connectivity index (χ2n) is 6.17. The van der Waals surface area contributed by atoms with Crippen molar-refractivity contribution in [2.75, 3.05) is 19.9 Å². The van der Waals surface area contributed by atoms with Gasteiger partial charge in [0.05, 0.1) is 12.9 Å². The average molecular weight is 395 g/mol. The van der Waals surface area contributed by atoms with E-state index in [2.05, 4.69) is 10.8 Å². The van der Waals surface area contributed by atoms with E-state index >= 15 is 0 Å². The quantitative estimate of drug-likeness (QED) is 0.609. The Labute approximate surface area is 162 Å². The maximum absolute atomic E-state index is 12.4. The number of thioether (sulfide) groups is 1. The van der Waals surface area contributed by atoms with Gasteiger partial charge in [-0.25, -0.2) is 0 Å². The Bertz CT molecular complexity index is 799. The van der Waals surface area contributed by atoms with Gasteiger partial charge in [0.15, 0.2) is 11.5 Å². The largest absolute Gasteiger partial charge is 0.493 e. The molecular weight excluding hydrogens is 372 g/mol. The Morgan fingerprint density at radius 3 is 2.56 bits per heavy atom.